The molecule has 2 heterocycles. The summed E-state index contributed by atoms with van der Waals surface area (Å²) < 4.78 is 0. The highest BCUT2D eigenvalue weighted by atomic mass is 32.1. The highest BCUT2D eigenvalue weighted by Gasteiger charge is 2.21. The van der Waals surface area contributed by atoms with Gasteiger partial charge in [-0.2, -0.15) is 0 Å². The van der Waals surface area contributed by atoms with Gasteiger partial charge in [-0.3, -0.25) is 14.5 Å². The van der Waals surface area contributed by atoms with E-state index in [0.717, 1.165) is 34.9 Å². The van der Waals surface area contributed by atoms with E-state index in [1.54, 1.807) is 0 Å². The molecule has 2 N–H and O–H groups in total. The minimum Gasteiger partial charge on any atom is -0.326 e. The van der Waals surface area contributed by atoms with E-state index >= 15 is 0 Å². The highest BCUT2D eigenvalue weighted by molar-refractivity contribution is 7.09. The smallest absolute Gasteiger partial charge is 0.305 e. The predicted molar refractivity (Wildman–Crippen MR) is 98.4 cm³/mol. The second-order valence-electron chi connectivity index (χ2n) is 6.39. The number of nitrogens with one attached hydrogen (secondary N) is 2. The first-order valence-electron chi connectivity index (χ1n) is 8.37. The Hall–Kier alpha value is -1.92. The zero-order valence-corrected chi connectivity index (χ0v) is 14.9. The Kier molecular flexibility index (Phi) is 5.16. The number of nitrogens with zero attached hydrogens (tertiary/aromatic N) is 1. The number of hydrogen-bond donors (Lipinski definition) is 2. The molecular formula is C18H23N3O2S. The molecule has 3 rings (SSSR count). The first-order valence-corrected chi connectivity index (χ1v) is 9.18. The van der Waals surface area contributed by atoms with E-state index in [-0.39, 0.29) is 10.8 Å². The number of benzene rings is 1. The standard InChI is InChI=1S/C18H23N3O2S/c1-12-6-3-4-9-21(12)11-16-17(20-18(23)24-16)14-7-5-8-15(10-14)19-13(2)22/h5,7-8,10,12H,3-4,6,9,11H2,1-2H3,(H,19,22)(H,20,23). The number of hydrogen-bond acceptors (Lipinski definition) is 4. The van der Waals surface area contributed by atoms with Gasteiger partial charge in [0.25, 0.3) is 0 Å². The van der Waals surface area contributed by atoms with Crippen LogP contribution in [0, 0.1) is 0 Å². The van der Waals surface area contributed by atoms with E-state index in [4.69, 9.17) is 0 Å². The number of amides is 1. The van der Waals surface area contributed by atoms with E-state index in [9.17, 15) is 9.59 Å². The van der Waals surface area contributed by atoms with Crippen LogP contribution >= 0.6 is 11.3 Å². The maximum absolute atomic E-state index is 11.9. The molecule has 1 amide bonds. The van der Waals surface area contributed by atoms with Crippen molar-refractivity contribution in [2.45, 2.75) is 45.7 Å². The van der Waals surface area contributed by atoms with Crippen molar-refractivity contribution in [1.82, 2.24) is 9.88 Å². The predicted octanol–water partition coefficient (Wildman–Crippen LogP) is 3.44. The van der Waals surface area contributed by atoms with Gasteiger partial charge in [0.05, 0.1) is 5.69 Å². The molecule has 128 valence electrons. The Balaban J connectivity index is 1.88. The summed E-state index contributed by atoms with van der Waals surface area (Å²) in [6.45, 7) is 5.62. The fourth-order valence-electron chi connectivity index (χ4n) is 3.24. The van der Waals surface area contributed by atoms with Crippen molar-refractivity contribution in [3.05, 3.63) is 38.8 Å². The number of thiazole rings is 1. The monoisotopic (exact) mass is 345 g/mol. The van der Waals surface area contributed by atoms with Gasteiger partial charge in [-0.25, -0.2) is 0 Å². The molecule has 1 aromatic carbocycles. The molecule has 0 bridgehead atoms. The first kappa shape index (κ1) is 16.9. The molecular weight excluding hydrogens is 322 g/mol. The molecule has 1 aliphatic rings. The third kappa shape index (κ3) is 3.94. The summed E-state index contributed by atoms with van der Waals surface area (Å²) in [5, 5.41) is 2.79. The Morgan fingerprint density at radius 2 is 2.25 bits per heavy atom. The van der Waals surface area contributed by atoms with Crippen molar-refractivity contribution in [3.8, 4) is 11.3 Å². The maximum atomic E-state index is 11.9. The van der Waals surface area contributed by atoms with Crippen LogP contribution < -0.4 is 10.2 Å². The summed E-state index contributed by atoms with van der Waals surface area (Å²) in [5.41, 5.74) is 2.54. The molecule has 2 aromatic rings. The van der Waals surface area contributed by atoms with E-state index < -0.39 is 0 Å². The fraction of sp³-hybridized carbons (Fsp3) is 0.444. The van der Waals surface area contributed by atoms with Gasteiger partial charge in [-0.05, 0) is 38.4 Å². The van der Waals surface area contributed by atoms with Crippen LogP contribution in [-0.4, -0.2) is 28.4 Å². The summed E-state index contributed by atoms with van der Waals surface area (Å²) in [6.07, 6.45) is 3.72. The zero-order chi connectivity index (χ0) is 17.1. The third-order valence-electron chi connectivity index (χ3n) is 4.48. The van der Waals surface area contributed by atoms with Crippen LogP contribution in [0.4, 0.5) is 5.69 Å². The molecule has 1 aliphatic heterocycles. The number of aromatic nitrogens is 1. The van der Waals surface area contributed by atoms with Crippen LogP contribution in [0.3, 0.4) is 0 Å². The molecule has 6 heteroatoms. The van der Waals surface area contributed by atoms with Gasteiger partial charge >= 0.3 is 4.87 Å². The number of carbonyl (C=O) groups excluding carboxylic acids is 1. The maximum Gasteiger partial charge on any atom is 0.305 e. The van der Waals surface area contributed by atoms with Gasteiger partial charge in [-0.15, -0.1) is 0 Å². The van der Waals surface area contributed by atoms with Gasteiger partial charge in [-0.1, -0.05) is 29.9 Å². The van der Waals surface area contributed by atoms with Crippen LogP contribution in [-0.2, 0) is 11.3 Å². The lowest BCUT2D eigenvalue weighted by Gasteiger charge is -2.33. The van der Waals surface area contributed by atoms with Crippen LogP contribution in [0.5, 0.6) is 0 Å². The lowest BCUT2D eigenvalue weighted by atomic mass is 10.0. The lowest BCUT2D eigenvalue weighted by molar-refractivity contribution is -0.114. The van der Waals surface area contributed by atoms with Crippen LogP contribution in [0.2, 0.25) is 0 Å². The molecule has 1 fully saturated rings. The summed E-state index contributed by atoms with van der Waals surface area (Å²) in [7, 11) is 0. The highest BCUT2D eigenvalue weighted by Crippen LogP contribution is 2.28. The molecule has 1 saturated heterocycles. The van der Waals surface area contributed by atoms with Crippen molar-refractivity contribution in [1.29, 1.82) is 0 Å². The largest absolute Gasteiger partial charge is 0.326 e. The Morgan fingerprint density at radius 3 is 3.00 bits per heavy atom. The van der Waals surface area contributed by atoms with E-state index in [2.05, 4.69) is 22.1 Å². The van der Waals surface area contributed by atoms with Crippen molar-refractivity contribution < 1.29 is 4.79 Å². The van der Waals surface area contributed by atoms with E-state index in [1.165, 1.54) is 37.5 Å². The molecule has 24 heavy (non-hydrogen) atoms. The minimum absolute atomic E-state index is 0.0328. The molecule has 1 aromatic heterocycles. The van der Waals surface area contributed by atoms with E-state index in [1.807, 2.05) is 24.3 Å². The van der Waals surface area contributed by atoms with Gasteiger partial charge < -0.3 is 10.3 Å². The van der Waals surface area contributed by atoms with Crippen molar-refractivity contribution >= 4 is 22.9 Å². The second-order valence-corrected chi connectivity index (χ2v) is 7.46. The van der Waals surface area contributed by atoms with Crippen LogP contribution in [0.1, 0.15) is 38.0 Å². The fourth-order valence-corrected chi connectivity index (χ4v) is 4.12. The number of carbonyl (C=O) groups is 1. The summed E-state index contributed by atoms with van der Waals surface area (Å²) in [5.74, 6) is -0.103. The van der Waals surface area contributed by atoms with Gasteiger partial charge in [0.1, 0.15) is 0 Å². The Labute approximate surface area is 145 Å². The Morgan fingerprint density at radius 1 is 1.42 bits per heavy atom. The summed E-state index contributed by atoms with van der Waals surface area (Å²) >= 11 is 1.28. The summed E-state index contributed by atoms with van der Waals surface area (Å²) in [6, 6.07) is 8.16. The number of likely N-dealkylation sites (tertiary alicyclic amines) is 1. The topological polar surface area (TPSA) is 65.2 Å². The quantitative estimate of drug-likeness (QED) is 0.892. The lowest BCUT2D eigenvalue weighted by Crippen LogP contribution is -2.36. The number of anilines is 1. The van der Waals surface area contributed by atoms with Crippen LogP contribution in [0.15, 0.2) is 29.1 Å². The average Bonchev–Trinajstić information content (AvgIpc) is 2.90. The molecule has 0 aliphatic carbocycles. The van der Waals surface area contributed by atoms with Crippen molar-refractivity contribution in [3.63, 3.8) is 0 Å². The minimum atomic E-state index is -0.103. The number of rotatable bonds is 4. The zero-order valence-electron chi connectivity index (χ0n) is 14.1. The number of piperidine rings is 1. The molecule has 1 unspecified atom stereocenters. The second kappa shape index (κ2) is 7.32. The molecule has 1 atom stereocenters. The number of aromatic amines is 1. The molecule has 0 radical (unpaired) electrons. The van der Waals surface area contributed by atoms with E-state index in [0.29, 0.717) is 6.04 Å². The van der Waals surface area contributed by atoms with Gasteiger partial charge in [0.15, 0.2) is 0 Å². The Bertz CT molecular complexity index is 781. The third-order valence-corrected chi connectivity index (χ3v) is 5.35. The molecule has 5 nitrogen and oxygen atoms in total. The SMILES string of the molecule is CC(=O)Nc1cccc(-c2[nH]c(=O)sc2CN2CCCCC2C)c1. The van der Waals surface area contributed by atoms with Gasteiger partial charge in [0.2, 0.25) is 5.91 Å². The normalized spacial score (nSPS) is 18.5. The van der Waals surface area contributed by atoms with Crippen molar-refractivity contribution in [2.24, 2.45) is 0 Å². The molecule has 0 saturated carbocycles. The summed E-state index contributed by atoms with van der Waals surface area (Å²) in [4.78, 5) is 29.7. The van der Waals surface area contributed by atoms with Crippen LogP contribution in [0.25, 0.3) is 11.3 Å². The average molecular weight is 345 g/mol. The number of H-pyrrole nitrogens is 1. The van der Waals surface area contributed by atoms with Crippen molar-refractivity contribution in [2.75, 3.05) is 11.9 Å². The molecule has 0 spiro atoms. The first-order chi connectivity index (χ1) is 11.5. The van der Waals surface area contributed by atoms with Gasteiger partial charge in [0, 0.05) is 35.6 Å².